The lowest BCUT2D eigenvalue weighted by atomic mass is 10.4. The molecule has 0 amide bonds. The number of aromatic nitrogens is 2. The first-order valence-electron chi connectivity index (χ1n) is 8.81. The van der Waals surface area contributed by atoms with Gasteiger partial charge in [0.25, 0.3) is 0 Å². The van der Waals surface area contributed by atoms with E-state index in [-0.39, 0.29) is 36.0 Å². The molecule has 0 bridgehead atoms. The number of rotatable bonds is 4. The zero-order valence-electron chi connectivity index (χ0n) is 16.0. The van der Waals surface area contributed by atoms with Crippen LogP contribution >= 0.6 is 11.6 Å². The predicted octanol–water partition coefficient (Wildman–Crippen LogP) is 1.78. The summed E-state index contributed by atoms with van der Waals surface area (Å²) in [5.74, 6) is 0. The van der Waals surface area contributed by atoms with E-state index in [0.717, 1.165) is 0 Å². The molecule has 11 heteroatoms. The van der Waals surface area contributed by atoms with Crippen molar-refractivity contribution in [2.75, 3.05) is 26.2 Å². The molecule has 2 aromatic rings. The Hall–Kier alpha value is -1.46. The van der Waals surface area contributed by atoms with Crippen LogP contribution in [0.3, 0.4) is 0 Å². The van der Waals surface area contributed by atoms with Crippen molar-refractivity contribution in [2.45, 2.75) is 30.1 Å². The second-order valence-electron chi connectivity index (χ2n) is 6.74. The van der Waals surface area contributed by atoms with Gasteiger partial charge in [0.2, 0.25) is 20.0 Å². The Morgan fingerprint density at radius 1 is 0.893 bits per heavy atom. The Bertz CT molecular complexity index is 1080. The van der Waals surface area contributed by atoms with E-state index in [1.54, 1.807) is 20.9 Å². The first-order valence-corrected chi connectivity index (χ1v) is 12.1. The summed E-state index contributed by atoms with van der Waals surface area (Å²) in [5, 5.41) is 4.64. The molecule has 0 aliphatic carbocycles. The summed E-state index contributed by atoms with van der Waals surface area (Å²) in [6, 6.07) is 5.97. The Labute approximate surface area is 170 Å². The Morgan fingerprint density at radius 3 is 1.93 bits per heavy atom. The van der Waals surface area contributed by atoms with Gasteiger partial charge in [0, 0.05) is 38.2 Å². The van der Waals surface area contributed by atoms with Crippen LogP contribution in [0.4, 0.5) is 0 Å². The van der Waals surface area contributed by atoms with Crippen molar-refractivity contribution in [1.29, 1.82) is 0 Å². The fraction of sp³-hybridized carbons (Fsp3) is 0.471. The molecule has 0 radical (unpaired) electrons. The summed E-state index contributed by atoms with van der Waals surface area (Å²) in [4.78, 5) is 0.344. The minimum absolute atomic E-state index is 0.0859. The Balaban J connectivity index is 1.84. The Kier molecular flexibility index (Phi) is 5.88. The molecule has 1 fully saturated rings. The SMILES string of the molecule is Cc1nn(C)c(C)c1S(=O)(=O)N1CCCN(S(=O)(=O)c2ccc(Cl)cc2)CC1. The van der Waals surface area contributed by atoms with Gasteiger partial charge in [0.05, 0.1) is 16.3 Å². The van der Waals surface area contributed by atoms with E-state index < -0.39 is 20.0 Å². The van der Waals surface area contributed by atoms with Gasteiger partial charge in [-0.1, -0.05) is 11.6 Å². The van der Waals surface area contributed by atoms with Crippen LogP contribution in [-0.2, 0) is 27.1 Å². The van der Waals surface area contributed by atoms with Gasteiger partial charge in [-0.25, -0.2) is 16.8 Å². The van der Waals surface area contributed by atoms with Crippen LogP contribution in [0.25, 0.3) is 0 Å². The predicted molar refractivity (Wildman–Crippen MR) is 106 cm³/mol. The molecule has 3 rings (SSSR count). The summed E-state index contributed by atoms with van der Waals surface area (Å²) < 4.78 is 56.3. The fourth-order valence-electron chi connectivity index (χ4n) is 3.36. The zero-order chi connectivity index (χ0) is 20.7. The quantitative estimate of drug-likeness (QED) is 0.713. The van der Waals surface area contributed by atoms with Crippen LogP contribution in [0.1, 0.15) is 17.8 Å². The molecule has 1 saturated heterocycles. The highest BCUT2D eigenvalue weighted by molar-refractivity contribution is 7.89. The molecule has 0 atom stereocenters. The number of sulfonamides is 2. The smallest absolute Gasteiger partial charge is 0.246 e. The molecule has 1 aliphatic rings. The van der Waals surface area contributed by atoms with Gasteiger partial charge in [-0.3, -0.25) is 4.68 Å². The maximum absolute atomic E-state index is 13.1. The topological polar surface area (TPSA) is 92.6 Å². The third kappa shape index (κ3) is 3.84. The molecule has 0 saturated carbocycles. The third-order valence-corrected chi connectivity index (χ3v) is 9.22. The molecular weight excluding hydrogens is 424 g/mol. The summed E-state index contributed by atoms with van der Waals surface area (Å²) in [5.41, 5.74) is 1.00. The van der Waals surface area contributed by atoms with E-state index in [2.05, 4.69) is 5.10 Å². The van der Waals surface area contributed by atoms with Crippen molar-refractivity contribution in [2.24, 2.45) is 7.05 Å². The monoisotopic (exact) mass is 446 g/mol. The minimum Gasteiger partial charge on any atom is -0.271 e. The van der Waals surface area contributed by atoms with E-state index in [4.69, 9.17) is 11.6 Å². The molecule has 1 aliphatic heterocycles. The van der Waals surface area contributed by atoms with E-state index >= 15 is 0 Å². The van der Waals surface area contributed by atoms with Crippen molar-refractivity contribution in [3.63, 3.8) is 0 Å². The van der Waals surface area contributed by atoms with Gasteiger partial charge < -0.3 is 0 Å². The van der Waals surface area contributed by atoms with E-state index in [9.17, 15) is 16.8 Å². The molecule has 28 heavy (non-hydrogen) atoms. The maximum Gasteiger partial charge on any atom is 0.246 e. The van der Waals surface area contributed by atoms with Crippen molar-refractivity contribution in [3.05, 3.63) is 40.7 Å². The van der Waals surface area contributed by atoms with Crippen LogP contribution in [0.5, 0.6) is 0 Å². The van der Waals surface area contributed by atoms with Crippen LogP contribution in [0, 0.1) is 13.8 Å². The van der Waals surface area contributed by atoms with E-state index in [0.29, 0.717) is 22.8 Å². The number of aryl methyl sites for hydroxylation is 2. The van der Waals surface area contributed by atoms with E-state index in [1.165, 1.54) is 37.6 Å². The van der Waals surface area contributed by atoms with Gasteiger partial charge in [-0.15, -0.1) is 0 Å². The lowest BCUT2D eigenvalue weighted by Gasteiger charge is -2.22. The second kappa shape index (κ2) is 7.75. The molecule has 1 aromatic carbocycles. The standard InChI is InChI=1S/C17H23ClN4O4S2/c1-13-17(14(2)20(3)19-13)28(25,26)22-10-4-9-21(11-12-22)27(23,24)16-7-5-15(18)6-8-16/h5-8H,4,9-12H2,1-3H3. The largest absolute Gasteiger partial charge is 0.271 e. The Morgan fingerprint density at radius 2 is 1.43 bits per heavy atom. The highest BCUT2D eigenvalue weighted by atomic mass is 35.5. The van der Waals surface area contributed by atoms with Gasteiger partial charge in [0.1, 0.15) is 4.90 Å². The van der Waals surface area contributed by atoms with Crippen LogP contribution in [0.15, 0.2) is 34.1 Å². The van der Waals surface area contributed by atoms with Gasteiger partial charge >= 0.3 is 0 Å². The number of hydrogen-bond acceptors (Lipinski definition) is 5. The van der Waals surface area contributed by atoms with Crippen molar-refractivity contribution < 1.29 is 16.8 Å². The fourth-order valence-corrected chi connectivity index (χ4v) is 6.83. The summed E-state index contributed by atoms with van der Waals surface area (Å²) in [7, 11) is -5.77. The number of halogens is 1. The highest BCUT2D eigenvalue weighted by Gasteiger charge is 2.34. The van der Waals surface area contributed by atoms with Crippen LogP contribution in [-0.4, -0.2) is 61.4 Å². The number of nitrogens with zero attached hydrogens (tertiary/aromatic N) is 4. The van der Waals surface area contributed by atoms with Crippen LogP contribution in [0.2, 0.25) is 5.02 Å². The van der Waals surface area contributed by atoms with Crippen molar-refractivity contribution >= 4 is 31.6 Å². The molecule has 8 nitrogen and oxygen atoms in total. The van der Waals surface area contributed by atoms with Crippen molar-refractivity contribution in [3.8, 4) is 0 Å². The zero-order valence-corrected chi connectivity index (χ0v) is 18.4. The molecule has 0 spiro atoms. The lowest BCUT2D eigenvalue weighted by molar-refractivity contribution is 0.404. The van der Waals surface area contributed by atoms with Crippen LogP contribution < -0.4 is 0 Å². The van der Waals surface area contributed by atoms with Crippen molar-refractivity contribution in [1.82, 2.24) is 18.4 Å². The number of benzene rings is 1. The highest BCUT2D eigenvalue weighted by Crippen LogP contribution is 2.25. The molecular formula is C17H23ClN4O4S2. The summed E-state index contributed by atoms with van der Waals surface area (Å²) in [6.45, 7) is 4.05. The molecule has 0 unspecified atom stereocenters. The summed E-state index contributed by atoms with van der Waals surface area (Å²) in [6.07, 6.45) is 0.407. The van der Waals surface area contributed by atoms with Gasteiger partial charge in [0.15, 0.2) is 0 Å². The third-order valence-electron chi connectivity index (χ3n) is 4.91. The van der Waals surface area contributed by atoms with Gasteiger partial charge in [-0.2, -0.15) is 13.7 Å². The average molecular weight is 447 g/mol. The van der Waals surface area contributed by atoms with Gasteiger partial charge in [-0.05, 0) is 44.5 Å². The minimum atomic E-state index is -3.75. The first kappa shape index (κ1) is 21.3. The summed E-state index contributed by atoms with van der Waals surface area (Å²) >= 11 is 5.84. The average Bonchev–Trinajstić information content (AvgIpc) is 2.81. The first-order chi connectivity index (χ1) is 13.0. The molecule has 2 heterocycles. The molecule has 154 valence electrons. The maximum atomic E-state index is 13.1. The molecule has 1 aromatic heterocycles. The normalized spacial score (nSPS) is 17.6. The van der Waals surface area contributed by atoms with E-state index in [1.807, 2.05) is 0 Å². The molecule has 0 N–H and O–H groups in total. The second-order valence-corrected chi connectivity index (χ2v) is 11.0. The lowest BCUT2D eigenvalue weighted by Crippen LogP contribution is -2.37. The number of hydrogen-bond donors (Lipinski definition) is 0.